The predicted octanol–water partition coefficient (Wildman–Crippen LogP) is 14.7. The maximum Gasteiger partial charge on any atom is 0.268 e. The second kappa shape index (κ2) is 45.4. The Morgan fingerprint density at radius 1 is 0.571 bits per heavy atom. The Bertz CT molecular complexity index is 1210. The highest BCUT2D eigenvalue weighted by Gasteiger charge is 2.23. The maximum absolute atomic E-state index is 12.9. The number of hydrogen-bond donors (Lipinski definition) is 2. The number of hydrogen-bond acceptors (Lipinski definition) is 6. The van der Waals surface area contributed by atoms with E-state index >= 15 is 0 Å². The van der Waals surface area contributed by atoms with Crippen LogP contribution in [0.25, 0.3) is 0 Å². The third-order valence-electron chi connectivity index (χ3n) is 11.5. The van der Waals surface area contributed by atoms with Gasteiger partial charge in [-0.25, -0.2) is 0 Å². The lowest BCUT2D eigenvalue weighted by Crippen LogP contribution is -2.45. The number of carbonyl (C=O) groups is 1. The Morgan fingerprint density at radius 2 is 0.968 bits per heavy atom. The third kappa shape index (κ3) is 48.0. The molecular formula is C54H101N2O6P. The smallest absolute Gasteiger partial charge is 0.268 e. The SMILES string of the molecule is CC/C=C\C/C=C\C/C=C\C/C=C\CCCCCCCCC(=O)NC(COP(=O)([O-])OCC[N+](C)(C)C)C(O)/C=C/CCCCCCCCCCCCCCCCCCCCCC. The van der Waals surface area contributed by atoms with Crippen molar-refractivity contribution in [2.75, 3.05) is 40.9 Å². The second-order valence-electron chi connectivity index (χ2n) is 18.9. The van der Waals surface area contributed by atoms with Gasteiger partial charge in [0.1, 0.15) is 13.2 Å². The zero-order chi connectivity index (χ0) is 46.4. The Morgan fingerprint density at radius 3 is 1.41 bits per heavy atom. The molecule has 0 aliphatic heterocycles. The van der Waals surface area contributed by atoms with E-state index in [0.29, 0.717) is 17.4 Å². The van der Waals surface area contributed by atoms with Gasteiger partial charge in [-0.1, -0.05) is 222 Å². The summed E-state index contributed by atoms with van der Waals surface area (Å²) in [5, 5.41) is 13.9. The van der Waals surface area contributed by atoms with Gasteiger partial charge in [0.25, 0.3) is 7.82 Å². The van der Waals surface area contributed by atoms with Gasteiger partial charge in [0.05, 0.1) is 39.9 Å². The summed E-state index contributed by atoms with van der Waals surface area (Å²) >= 11 is 0. The summed E-state index contributed by atoms with van der Waals surface area (Å²) < 4.78 is 23.3. The van der Waals surface area contributed by atoms with Gasteiger partial charge in [0.15, 0.2) is 0 Å². The molecule has 8 nitrogen and oxygen atoms in total. The molecule has 3 atom stereocenters. The van der Waals surface area contributed by atoms with Crippen molar-refractivity contribution in [3.8, 4) is 0 Å². The van der Waals surface area contributed by atoms with Gasteiger partial charge in [-0.05, 0) is 57.8 Å². The van der Waals surface area contributed by atoms with E-state index in [9.17, 15) is 19.4 Å². The molecule has 0 rings (SSSR count). The Labute approximate surface area is 390 Å². The molecule has 3 unspecified atom stereocenters. The Balaban J connectivity index is 4.33. The first-order valence-corrected chi connectivity index (χ1v) is 27.6. The number of allylic oxidation sites excluding steroid dienone is 9. The summed E-state index contributed by atoms with van der Waals surface area (Å²) in [5.41, 5.74) is 0. The molecule has 0 saturated heterocycles. The van der Waals surface area contributed by atoms with Crippen LogP contribution in [0.3, 0.4) is 0 Å². The molecule has 0 spiro atoms. The fourth-order valence-corrected chi connectivity index (χ4v) is 8.10. The fourth-order valence-electron chi connectivity index (χ4n) is 7.38. The molecule has 0 aliphatic carbocycles. The van der Waals surface area contributed by atoms with Crippen molar-refractivity contribution in [3.63, 3.8) is 0 Å². The molecule has 0 heterocycles. The van der Waals surface area contributed by atoms with E-state index in [2.05, 4.69) is 67.8 Å². The monoisotopic (exact) mass is 905 g/mol. The maximum atomic E-state index is 12.9. The quantitative estimate of drug-likeness (QED) is 0.0273. The van der Waals surface area contributed by atoms with E-state index in [4.69, 9.17) is 9.05 Å². The lowest BCUT2D eigenvalue weighted by molar-refractivity contribution is -0.870. The first-order chi connectivity index (χ1) is 30.5. The number of unbranched alkanes of at least 4 members (excludes halogenated alkanes) is 26. The molecule has 63 heavy (non-hydrogen) atoms. The number of nitrogens with zero attached hydrogens (tertiary/aromatic N) is 1. The van der Waals surface area contributed by atoms with Crippen LogP contribution in [-0.4, -0.2) is 68.5 Å². The summed E-state index contributed by atoms with van der Waals surface area (Å²) in [5.74, 6) is -0.212. The Kier molecular flexibility index (Phi) is 44.1. The average molecular weight is 905 g/mol. The number of aliphatic hydroxyl groups is 1. The Hall–Kier alpha value is -1.80. The van der Waals surface area contributed by atoms with Crippen molar-refractivity contribution in [2.24, 2.45) is 0 Å². The first kappa shape index (κ1) is 61.2. The number of carbonyl (C=O) groups excluding carboxylic acids is 1. The van der Waals surface area contributed by atoms with Crippen molar-refractivity contribution in [1.29, 1.82) is 0 Å². The van der Waals surface area contributed by atoms with Crippen molar-refractivity contribution in [1.82, 2.24) is 5.32 Å². The van der Waals surface area contributed by atoms with Gasteiger partial charge in [-0.2, -0.15) is 0 Å². The van der Waals surface area contributed by atoms with Crippen LogP contribution in [0.1, 0.15) is 226 Å². The van der Waals surface area contributed by atoms with Crippen LogP contribution in [0.5, 0.6) is 0 Å². The van der Waals surface area contributed by atoms with E-state index in [1.807, 2.05) is 27.2 Å². The van der Waals surface area contributed by atoms with Gasteiger partial charge in [-0.3, -0.25) is 9.36 Å². The minimum absolute atomic E-state index is 0.00628. The number of amides is 1. The van der Waals surface area contributed by atoms with Crippen LogP contribution >= 0.6 is 7.82 Å². The number of likely N-dealkylation sites (N-methyl/N-ethyl adjacent to an activating group) is 1. The molecule has 0 fully saturated rings. The van der Waals surface area contributed by atoms with Crippen LogP contribution in [0.15, 0.2) is 60.8 Å². The average Bonchev–Trinajstić information content (AvgIpc) is 3.24. The third-order valence-corrected chi connectivity index (χ3v) is 12.4. The first-order valence-electron chi connectivity index (χ1n) is 26.2. The van der Waals surface area contributed by atoms with E-state index in [1.54, 1.807) is 6.08 Å². The van der Waals surface area contributed by atoms with Crippen LogP contribution in [0, 0.1) is 0 Å². The molecule has 368 valence electrons. The van der Waals surface area contributed by atoms with Gasteiger partial charge in [0, 0.05) is 6.42 Å². The van der Waals surface area contributed by atoms with Crippen LogP contribution < -0.4 is 10.2 Å². The molecule has 0 aliphatic rings. The predicted molar refractivity (Wildman–Crippen MR) is 270 cm³/mol. The molecule has 0 aromatic carbocycles. The van der Waals surface area contributed by atoms with E-state index in [1.165, 1.54) is 128 Å². The highest BCUT2D eigenvalue weighted by molar-refractivity contribution is 7.45. The molecule has 0 saturated carbocycles. The molecule has 9 heteroatoms. The van der Waals surface area contributed by atoms with Gasteiger partial charge >= 0.3 is 0 Å². The van der Waals surface area contributed by atoms with Crippen molar-refractivity contribution < 1.29 is 32.9 Å². The molecule has 0 radical (unpaired) electrons. The summed E-state index contributed by atoms with van der Waals surface area (Å²) in [6.45, 7) is 4.53. The highest BCUT2D eigenvalue weighted by Crippen LogP contribution is 2.38. The summed E-state index contributed by atoms with van der Waals surface area (Å²) in [6.07, 6.45) is 59.9. The van der Waals surface area contributed by atoms with Gasteiger partial charge in [0.2, 0.25) is 5.91 Å². The number of nitrogens with one attached hydrogen (secondary N) is 1. The zero-order valence-electron chi connectivity index (χ0n) is 41.8. The summed E-state index contributed by atoms with van der Waals surface area (Å²) in [6, 6.07) is -0.897. The van der Waals surface area contributed by atoms with Gasteiger partial charge < -0.3 is 28.8 Å². The number of rotatable bonds is 47. The molecule has 1 amide bonds. The van der Waals surface area contributed by atoms with Crippen molar-refractivity contribution in [2.45, 2.75) is 238 Å². The van der Waals surface area contributed by atoms with Gasteiger partial charge in [-0.15, -0.1) is 0 Å². The molecule has 0 aromatic heterocycles. The number of phosphoric ester groups is 1. The van der Waals surface area contributed by atoms with Crippen LogP contribution in [-0.2, 0) is 18.4 Å². The summed E-state index contributed by atoms with van der Waals surface area (Å²) in [4.78, 5) is 25.4. The van der Waals surface area contributed by atoms with Crippen LogP contribution in [0.2, 0.25) is 0 Å². The minimum Gasteiger partial charge on any atom is -0.756 e. The largest absolute Gasteiger partial charge is 0.756 e. The topological polar surface area (TPSA) is 108 Å². The molecular weight excluding hydrogens is 804 g/mol. The zero-order valence-corrected chi connectivity index (χ0v) is 42.7. The molecule has 0 bridgehead atoms. The lowest BCUT2D eigenvalue weighted by atomic mass is 10.0. The fraction of sp³-hybridized carbons (Fsp3) is 0.796. The van der Waals surface area contributed by atoms with E-state index in [-0.39, 0.29) is 19.1 Å². The van der Waals surface area contributed by atoms with Crippen LogP contribution in [0.4, 0.5) is 0 Å². The standard InChI is InChI=1S/C54H101N2O6P/c1-6-8-10-12-14-16-18-20-22-24-26-27-28-30-31-33-35-37-39-41-43-45-47-53(57)52(51-62-63(59,60)61-50-49-56(3,4)5)55-54(58)48-46-44-42-40-38-36-34-32-29-25-23-21-19-17-15-13-11-9-7-2/h9,11,15,17,21,23,29,32,45,47,52-53,57H,6-8,10,12-14,16,18-20,22,24-28,30-31,33-44,46,48-51H2,1-5H3,(H-,55,58,59,60)/b11-9-,17-15-,23-21-,32-29-,47-45+. The highest BCUT2D eigenvalue weighted by atomic mass is 31.2. The second-order valence-corrected chi connectivity index (χ2v) is 20.3. The van der Waals surface area contributed by atoms with E-state index < -0.39 is 20.0 Å². The molecule has 2 N–H and O–H groups in total. The normalized spacial score (nSPS) is 14.6. The van der Waals surface area contributed by atoms with Crippen molar-refractivity contribution in [3.05, 3.63) is 60.8 Å². The number of phosphoric acid groups is 1. The minimum atomic E-state index is -4.60. The summed E-state index contributed by atoms with van der Waals surface area (Å²) in [7, 11) is 1.25. The van der Waals surface area contributed by atoms with E-state index in [0.717, 1.165) is 77.0 Å². The van der Waals surface area contributed by atoms with Crippen molar-refractivity contribution >= 4 is 13.7 Å². The number of aliphatic hydroxyl groups excluding tert-OH is 1. The molecule has 0 aromatic rings. The number of quaternary nitrogens is 1. The lowest BCUT2D eigenvalue weighted by Gasteiger charge is -2.29.